The van der Waals surface area contributed by atoms with Crippen LogP contribution in [0.4, 0.5) is 0 Å². The molecule has 0 spiro atoms. The Morgan fingerprint density at radius 2 is 2.05 bits per heavy atom. The molecule has 0 aliphatic heterocycles. The van der Waals surface area contributed by atoms with Crippen LogP contribution in [0.25, 0.3) is 0 Å². The van der Waals surface area contributed by atoms with Gasteiger partial charge in [-0.1, -0.05) is 37.6 Å². The molecule has 0 fully saturated rings. The lowest BCUT2D eigenvalue weighted by Crippen LogP contribution is -2.29. The Bertz CT molecular complexity index is 529. The van der Waals surface area contributed by atoms with Gasteiger partial charge in [0.05, 0.1) is 0 Å². The fourth-order valence-electron chi connectivity index (χ4n) is 1.58. The molecule has 112 valence electrons. The van der Waals surface area contributed by atoms with Crippen molar-refractivity contribution in [2.45, 2.75) is 20.3 Å². The Kier molecular flexibility index (Phi) is 7.34. The molecule has 1 aromatic rings. The smallest absolute Gasteiger partial charge is 0.263 e. The highest BCUT2D eigenvalue weighted by molar-refractivity contribution is 6.30. The van der Waals surface area contributed by atoms with Crippen molar-refractivity contribution in [3.63, 3.8) is 0 Å². The first kappa shape index (κ1) is 17.1. The maximum Gasteiger partial charge on any atom is 0.263 e. The summed E-state index contributed by atoms with van der Waals surface area (Å²) in [4.78, 5) is 11.7. The number of rotatable bonds is 7. The van der Waals surface area contributed by atoms with Gasteiger partial charge in [0, 0.05) is 24.3 Å². The van der Waals surface area contributed by atoms with Gasteiger partial charge >= 0.3 is 0 Å². The van der Waals surface area contributed by atoms with Gasteiger partial charge in [-0.05, 0) is 30.0 Å². The highest BCUT2D eigenvalue weighted by atomic mass is 35.5. The lowest BCUT2D eigenvalue weighted by molar-refractivity contribution is -0.117. The molecule has 0 bridgehead atoms. The van der Waals surface area contributed by atoms with E-state index in [9.17, 15) is 4.79 Å². The van der Waals surface area contributed by atoms with Crippen LogP contribution in [-0.2, 0) is 11.2 Å². The van der Waals surface area contributed by atoms with Crippen LogP contribution in [0.5, 0.6) is 0 Å². The third-order valence-corrected chi connectivity index (χ3v) is 3.01. The van der Waals surface area contributed by atoms with Gasteiger partial charge in [-0.25, -0.2) is 0 Å². The van der Waals surface area contributed by atoms with E-state index >= 15 is 0 Å². The first-order valence-corrected chi connectivity index (χ1v) is 7.27. The number of carbonyl (C=O) groups excluding carboxylic acids is 1. The molecule has 1 rings (SSSR count). The SMILES string of the molecule is CC(C)CNC(=O)/C(C#N)=C\NCCc1ccc(Cl)cc1. The second kappa shape index (κ2) is 9.04. The Morgan fingerprint density at radius 3 is 2.62 bits per heavy atom. The lowest BCUT2D eigenvalue weighted by Gasteiger charge is -2.07. The highest BCUT2D eigenvalue weighted by Gasteiger charge is 2.08. The predicted molar refractivity (Wildman–Crippen MR) is 84.7 cm³/mol. The van der Waals surface area contributed by atoms with E-state index < -0.39 is 0 Å². The topological polar surface area (TPSA) is 64.9 Å². The summed E-state index contributed by atoms with van der Waals surface area (Å²) in [5, 5.41) is 15.4. The van der Waals surface area contributed by atoms with E-state index in [0.717, 1.165) is 12.0 Å². The van der Waals surface area contributed by atoms with Gasteiger partial charge in [0.15, 0.2) is 0 Å². The molecule has 0 radical (unpaired) electrons. The van der Waals surface area contributed by atoms with Gasteiger partial charge in [0.2, 0.25) is 0 Å². The number of hydrogen-bond acceptors (Lipinski definition) is 3. The monoisotopic (exact) mass is 305 g/mol. The molecule has 1 aromatic carbocycles. The third kappa shape index (κ3) is 6.82. The molecule has 0 aromatic heterocycles. The summed E-state index contributed by atoms with van der Waals surface area (Å²) in [5.74, 6) is 0.0111. The molecule has 0 heterocycles. The minimum atomic E-state index is -0.342. The minimum absolute atomic E-state index is 0.0896. The summed E-state index contributed by atoms with van der Waals surface area (Å²) in [6.07, 6.45) is 2.26. The van der Waals surface area contributed by atoms with Crippen LogP contribution in [0.2, 0.25) is 5.02 Å². The molecule has 0 atom stereocenters. The standard InChI is InChI=1S/C16H20ClN3O/c1-12(2)10-20-16(21)14(9-18)11-19-8-7-13-3-5-15(17)6-4-13/h3-6,11-12,19H,7-8,10H2,1-2H3,(H,20,21)/b14-11-. The van der Waals surface area contributed by atoms with Crippen molar-refractivity contribution in [2.24, 2.45) is 5.92 Å². The Balaban J connectivity index is 2.41. The lowest BCUT2D eigenvalue weighted by atomic mass is 10.1. The molecule has 2 N–H and O–H groups in total. The average Bonchev–Trinajstić information content (AvgIpc) is 2.46. The molecule has 0 unspecified atom stereocenters. The quantitative estimate of drug-likeness (QED) is 0.462. The molecule has 4 nitrogen and oxygen atoms in total. The van der Waals surface area contributed by atoms with Crippen LogP contribution in [0.15, 0.2) is 36.0 Å². The largest absolute Gasteiger partial charge is 0.389 e. The number of halogens is 1. The van der Waals surface area contributed by atoms with Crippen molar-refractivity contribution < 1.29 is 4.79 Å². The van der Waals surface area contributed by atoms with Crippen LogP contribution in [0, 0.1) is 17.2 Å². The summed E-state index contributed by atoms with van der Waals surface area (Å²) in [5.41, 5.74) is 1.23. The summed E-state index contributed by atoms with van der Waals surface area (Å²) >= 11 is 5.81. The van der Waals surface area contributed by atoms with Crippen LogP contribution in [-0.4, -0.2) is 19.0 Å². The van der Waals surface area contributed by atoms with E-state index in [2.05, 4.69) is 10.6 Å². The summed E-state index contributed by atoms with van der Waals surface area (Å²) < 4.78 is 0. The first-order valence-electron chi connectivity index (χ1n) is 6.89. The van der Waals surface area contributed by atoms with E-state index in [0.29, 0.717) is 24.0 Å². The molecule has 0 saturated carbocycles. The summed E-state index contributed by atoms with van der Waals surface area (Å²) in [7, 11) is 0. The van der Waals surface area contributed by atoms with Crippen LogP contribution < -0.4 is 10.6 Å². The fourth-order valence-corrected chi connectivity index (χ4v) is 1.71. The zero-order valence-electron chi connectivity index (χ0n) is 12.3. The second-order valence-electron chi connectivity index (χ2n) is 5.10. The molecule has 5 heteroatoms. The third-order valence-electron chi connectivity index (χ3n) is 2.75. The molecule has 0 aliphatic carbocycles. The molecular formula is C16H20ClN3O. The maximum atomic E-state index is 11.7. The second-order valence-corrected chi connectivity index (χ2v) is 5.54. The van der Waals surface area contributed by atoms with Crippen molar-refractivity contribution in [1.82, 2.24) is 10.6 Å². The van der Waals surface area contributed by atoms with E-state index in [4.69, 9.17) is 16.9 Å². The van der Waals surface area contributed by atoms with Gasteiger partial charge in [-0.15, -0.1) is 0 Å². The normalized spacial score (nSPS) is 11.1. The van der Waals surface area contributed by atoms with Crippen LogP contribution in [0.1, 0.15) is 19.4 Å². The van der Waals surface area contributed by atoms with E-state index in [-0.39, 0.29) is 11.5 Å². The number of hydrogen-bond donors (Lipinski definition) is 2. The zero-order chi connectivity index (χ0) is 15.7. The highest BCUT2D eigenvalue weighted by Crippen LogP contribution is 2.09. The molecule has 0 aliphatic rings. The van der Waals surface area contributed by atoms with E-state index in [1.165, 1.54) is 6.20 Å². The number of carbonyl (C=O) groups is 1. The number of nitriles is 1. The molecule has 21 heavy (non-hydrogen) atoms. The Labute approximate surface area is 130 Å². The Hall–Kier alpha value is -1.99. The molecule has 1 amide bonds. The number of amides is 1. The van der Waals surface area contributed by atoms with Crippen LogP contribution in [0.3, 0.4) is 0 Å². The Morgan fingerprint density at radius 1 is 1.38 bits per heavy atom. The van der Waals surface area contributed by atoms with Crippen molar-refractivity contribution >= 4 is 17.5 Å². The molecule has 0 saturated heterocycles. The maximum absolute atomic E-state index is 11.7. The minimum Gasteiger partial charge on any atom is -0.389 e. The fraction of sp³-hybridized carbons (Fsp3) is 0.375. The van der Waals surface area contributed by atoms with E-state index in [1.54, 1.807) is 0 Å². The van der Waals surface area contributed by atoms with Crippen molar-refractivity contribution in [2.75, 3.05) is 13.1 Å². The molecular weight excluding hydrogens is 286 g/mol. The average molecular weight is 306 g/mol. The number of nitrogens with one attached hydrogen (secondary N) is 2. The van der Waals surface area contributed by atoms with Crippen molar-refractivity contribution in [3.05, 3.63) is 46.6 Å². The van der Waals surface area contributed by atoms with Crippen molar-refractivity contribution in [3.8, 4) is 6.07 Å². The first-order chi connectivity index (χ1) is 10.0. The van der Waals surface area contributed by atoms with Gasteiger partial charge in [0.1, 0.15) is 11.6 Å². The van der Waals surface area contributed by atoms with Gasteiger partial charge in [0.25, 0.3) is 5.91 Å². The van der Waals surface area contributed by atoms with Gasteiger partial charge < -0.3 is 10.6 Å². The summed E-state index contributed by atoms with van der Waals surface area (Å²) in [6.45, 7) is 5.20. The van der Waals surface area contributed by atoms with E-state index in [1.807, 2.05) is 44.2 Å². The van der Waals surface area contributed by atoms with Crippen molar-refractivity contribution in [1.29, 1.82) is 5.26 Å². The predicted octanol–water partition coefficient (Wildman–Crippen LogP) is 2.65. The number of nitrogens with zero attached hydrogens (tertiary/aromatic N) is 1. The van der Waals surface area contributed by atoms with Gasteiger partial charge in [-0.2, -0.15) is 5.26 Å². The van der Waals surface area contributed by atoms with Crippen LogP contribution >= 0.6 is 11.6 Å². The van der Waals surface area contributed by atoms with Gasteiger partial charge in [-0.3, -0.25) is 4.79 Å². The zero-order valence-corrected chi connectivity index (χ0v) is 13.1. The summed E-state index contributed by atoms with van der Waals surface area (Å²) in [6, 6.07) is 9.49. The number of benzene rings is 1.